The van der Waals surface area contributed by atoms with Crippen LogP contribution in [0.2, 0.25) is 0 Å². The Labute approximate surface area is 113 Å². The molecule has 1 aliphatic heterocycles. The van der Waals surface area contributed by atoms with Crippen LogP contribution in [0.3, 0.4) is 0 Å². The highest BCUT2D eigenvalue weighted by Gasteiger charge is 2.21. The maximum atomic E-state index is 4.35. The molecule has 19 heavy (non-hydrogen) atoms. The molecule has 3 heterocycles. The minimum atomic E-state index is 0.668. The van der Waals surface area contributed by atoms with Crippen molar-refractivity contribution in [3.63, 3.8) is 0 Å². The van der Waals surface area contributed by atoms with Crippen LogP contribution in [0, 0.1) is 5.92 Å². The third kappa shape index (κ3) is 3.08. The van der Waals surface area contributed by atoms with Crippen LogP contribution in [0.5, 0.6) is 0 Å². The van der Waals surface area contributed by atoms with Crippen LogP contribution < -0.4 is 4.90 Å². The Balaban J connectivity index is 1.65. The number of piperidine rings is 1. The molecule has 1 aliphatic rings. The first-order chi connectivity index (χ1) is 9.42. The molecule has 0 aliphatic carbocycles. The van der Waals surface area contributed by atoms with E-state index in [0.29, 0.717) is 5.92 Å². The zero-order valence-electron chi connectivity index (χ0n) is 10.9. The second-order valence-electron chi connectivity index (χ2n) is 5.07. The van der Waals surface area contributed by atoms with Gasteiger partial charge in [-0.3, -0.25) is 4.98 Å². The predicted octanol–water partition coefficient (Wildman–Crippen LogP) is 2.33. The summed E-state index contributed by atoms with van der Waals surface area (Å²) in [5.41, 5.74) is 1.32. The van der Waals surface area contributed by atoms with Crippen molar-refractivity contribution >= 4 is 5.95 Å². The molecule has 1 unspecified atom stereocenters. The van der Waals surface area contributed by atoms with Crippen molar-refractivity contribution in [1.82, 2.24) is 15.0 Å². The quantitative estimate of drug-likeness (QED) is 0.843. The average Bonchev–Trinajstić information content (AvgIpc) is 2.49. The third-order valence-corrected chi connectivity index (χ3v) is 3.60. The molecular formula is C15H18N4. The Hall–Kier alpha value is -1.97. The van der Waals surface area contributed by atoms with E-state index in [1.807, 2.05) is 36.9 Å². The van der Waals surface area contributed by atoms with Gasteiger partial charge in [0.05, 0.1) is 0 Å². The van der Waals surface area contributed by atoms with E-state index in [4.69, 9.17) is 0 Å². The van der Waals surface area contributed by atoms with Crippen molar-refractivity contribution < 1.29 is 0 Å². The molecule has 0 saturated carbocycles. The first-order valence-corrected chi connectivity index (χ1v) is 6.83. The summed E-state index contributed by atoms with van der Waals surface area (Å²) in [6.45, 7) is 2.10. The highest BCUT2D eigenvalue weighted by Crippen LogP contribution is 2.22. The Morgan fingerprint density at radius 1 is 1.16 bits per heavy atom. The van der Waals surface area contributed by atoms with Gasteiger partial charge in [-0.15, -0.1) is 0 Å². The van der Waals surface area contributed by atoms with Gasteiger partial charge in [-0.1, -0.05) is 6.07 Å². The fourth-order valence-corrected chi connectivity index (χ4v) is 2.72. The van der Waals surface area contributed by atoms with Gasteiger partial charge in [-0.2, -0.15) is 0 Å². The van der Waals surface area contributed by atoms with Crippen LogP contribution >= 0.6 is 0 Å². The van der Waals surface area contributed by atoms with E-state index in [0.717, 1.165) is 25.5 Å². The lowest BCUT2D eigenvalue weighted by molar-refractivity contribution is 0.409. The molecule has 2 aromatic heterocycles. The molecule has 0 radical (unpaired) electrons. The summed E-state index contributed by atoms with van der Waals surface area (Å²) in [4.78, 5) is 15.2. The number of hydrogen-bond acceptors (Lipinski definition) is 4. The smallest absolute Gasteiger partial charge is 0.225 e. The Morgan fingerprint density at radius 2 is 2.05 bits per heavy atom. The second-order valence-corrected chi connectivity index (χ2v) is 5.07. The van der Waals surface area contributed by atoms with Gasteiger partial charge in [-0.05, 0) is 42.9 Å². The van der Waals surface area contributed by atoms with Gasteiger partial charge in [-0.25, -0.2) is 9.97 Å². The van der Waals surface area contributed by atoms with Crippen molar-refractivity contribution in [3.8, 4) is 0 Å². The molecule has 1 atom stereocenters. The standard InChI is InChI=1S/C15H18N4/c1-4-13(11-16-6-1)10-14-5-2-9-19(12-14)15-17-7-3-8-18-15/h1,3-4,6-8,11,14H,2,5,9-10,12H2. The van der Waals surface area contributed by atoms with E-state index in [1.165, 1.54) is 18.4 Å². The SMILES string of the molecule is c1cnc(N2CCCC(Cc3cccnc3)C2)nc1. The van der Waals surface area contributed by atoms with Crippen LogP contribution in [0.15, 0.2) is 43.0 Å². The summed E-state index contributed by atoms with van der Waals surface area (Å²) in [6.07, 6.45) is 11.0. The lowest BCUT2D eigenvalue weighted by Crippen LogP contribution is -2.37. The highest BCUT2D eigenvalue weighted by atomic mass is 15.2. The molecule has 1 saturated heterocycles. The summed E-state index contributed by atoms with van der Waals surface area (Å²) >= 11 is 0. The predicted molar refractivity (Wildman–Crippen MR) is 74.9 cm³/mol. The molecule has 3 rings (SSSR count). The Morgan fingerprint density at radius 3 is 2.84 bits per heavy atom. The van der Waals surface area contributed by atoms with Crippen LogP contribution in [-0.4, -0.2) is 28.0 Å². The van der Waals surface area contributed by atoms with Crippen molar-refractivity contribution in [1.29, 1.82) is 0 Å². The van der Waals surface area contributed by atoms with Gasteiger partial charge in [0, 0.05) is 37.9 Å². The Kier molecular flexibility index (Phi) is 3.68. The Bertz CT molecular complexity index is 500. The van der Waals surface area contributed by atoms with Gasteiger partial charge in [0.15, 0.2) is 0 Å². The van der Waals surface area contributed by atoms with E-state index >= 15 is 0 Å². The third-order valence-electron chi connectivity index (χ3n) is 3.60. The number of rotatable bonds is 3. The average molecular weight is 254 g/mol. The van der Waals surface area contributed by atoms with Gasteiger partial charge in [0.25, 0.3) is 0 Å². The van der Waals surface area contributed by atoms with E-state index in [-0.39, 0.29) is 0 Å². The maximum absolute atomic E-state index is 4.35. The largest absolute Gasteiger partial charge is 0.341 e. The molecule has 1 fully saturated rings. The zero-order valence-corrected chi connectivity index (χ0v) is 10.9. The molecule has 4 nitrogen and oxygen atoms in total. The minimum absolute atomic E-state index is 0.668. The number of hydrogen-bond donors (Lipinski definition) is 0. The van der Waals surface area contributed by atoms with E-state index in [1.54, 1.807) is 0 Å². The zero-order chi connectivity index (χ0) is 12.9. The van der Waals surface area contributed by atoms with Crippen LogP contribution in [0.4, 0.5) is 5.95 Å². The molecule has 0 N–H and O–H groups in total. The van der Waals surface area contributed by atoms with Gasteiger partial charge in [0.2, 0.25) is 5.95 Å². The number of nitrogens with zero attached hydrogens (tertiary/aromatic N) is 4. The van der Waals surface area contributed by atoms with Crippen molar-refractivity contribution in [3.05, 3.63) is 48.5 Å². The lowest BCUT2D eigenvalue weighted by atomic mass is 9.92. The molecule has 0 spiro atoms. The van der Waals surface area contributed by atoms with Gasteiger partial charge in [0.1, 0.15) is 0 Å². The summed E-state index contributed by atoms with van der Waals surface area (Å²) in [5, 5.41) is 0. The van der Waals surface area contributed by atoms with E-state index < -0.39 is 0 Å². The summed E-state index contributed by atoms with van der Waals surface area (Å²) in [7, 11) is 0. The number of pyridine rings is 1. The lowest BCUT2D eigenvalue weighted by Gasteiger charge is -2.32. The molecule has 0 bridgehead atoms. The molecule has 4 heteroatoms. The number of anilines is 1. The summed E-state index contributed by atoms with van der Waals surface area (Å²) in [6, 6.07) is 6.03. The van der Waals surface area contributed by atoms with Crippen molar-refractivity contribution in [2.24, 2.45) is 5.92 Å². The molecule has 0 amide bonds. The van der Waals surface area contributed by atoms with Crippen LogP contribution in [0.25, 0.3) is 0 Å². The first kappa shape index (κ1) is 12.1. The van der Waals surface area contributed by atoms with E-state index in [9.17, 15) is 0 Å². The first-order valence-electron chi connectivity index (χ1n) is 6.83. The molecular weight excluding hydrogens is 236 g/mol. The molecule has 0 aromatic carbocycles. The topological polar surface area (TPSA) is 41.9 Å². The normalized spacial score (nSPS) is 19.4. The second kappa shape index (κ2) is 5.78. The van der Waals surface area contributed by atoms with Crippen LogP contribution in [0.1, 0.15) is 18.4 Å². The van der Waals surface area contributed by atoms with Crippen molar-refractivity contribution in [2.45, 2.75) is 19.3 Å². The fraction of sp³-hybridized carbons (Fsp3) is 0.400. The number of aromatic nitrogens is 3. The monoisotopic (exact) mass is 254 g/mol. The maximum Gasteiger partial charge on any atom is 0.225 e. The van der Waals surface area contributed by atoms with Gasteiger partial charge >= 0.3 is 0 Å². The summed E-state index contributed by atoms with van der Waals surface area (Å²) in [5.74, 6) is 1.53. The fourth-order valence-electron chi connectivity index (χ4n) is 2.72. The molecule has 2 aromatic rings. The highest BCUT2D eigenvalue weighted by molar-refractivity contribution is 5.29. The van der Waals surface area contributed by atoms with Crippen molar-refractivity contribution in [2.75, 3.05) is 18.0 Å². The molecule has 98 valence electrons. The van der Waals surface area contributed by atoms with Crippen LogP contribution in [-0.2, 0) is 6.42 Å². The summed E-state index contributed by atoms with van der Waals surface area (Å²) < 4.78 is 0. The van der Waals surface area contributed by atoms with E-state index in [2.05, 4.69) is 25.9 Å². The van der Waals surface area contributed by atoms with Gasteiger partial charge < -0.3 is 4.90 Å². The minimum Gasteiger partial charge on any atom is -0.341 e.